The normalized spacial score (nSPS) is 34.0. The van der Waals surface area contributed by atoms with Gasteiger partial charge in [0.2, 0.25) is 0 Å². The van der Waals surface area contributed by atoms with Gasteiger partial charge in [-0.05, 0) is 0 Å². The van der Waals surface area contributed by atoms with Crippen molar-refractivity contribution in [1.82, 2.24) is 0 Å². The lowest BCUT2D eigenvalue weighted by Gasteiger charge is -2.05. The van der Waals surface area contributed by atoms with Crippen LogP contribution < -0.4 is 0 Å². The summed E-state index contributed by atoms with van der Waals surface area (Å²) in [7, 11) is -1.92. The van der Waals surface area contributed by atoms with Crippen molar-refractivity contribution in [2.24, 2.45) is 0 Å². The van der Waals surface area contributed by atoms with Crippen molar-refractivity contribution in [1.29, 1.82) is 0 Å². The standard InChI is InChI=1S/C3H5O3P3/c4-2-1-3(5)8-9(6)7-2/h7-9H,1H2. The van der Waals surface area contributed by atoms with E-state index in [9.17, 15) is 14.2 Å². The molecule has 0 N–H and O–H groups in total. The molecule has 0 spiro atoms. The molecule has 0 aromatic carbocycles. The smallest absolute Gasteiger partial charge is 0.166 e. The van der Waals surface area contributed by atoms with Crippen LogP contribution in [0.1, 0.15) is 6.42 Å². The van der Waals surface area contributed by atoms with Crippen LogP contribution in [0.3, 0.4) is 0 Å². The summed E-state index contributed by atoms with van der Waals surface area (Å²) in [6.45, 7) is 0. The van der Waals surface area contributed by atoms with Crippen LogP contribution in [-0.2, 0) is 14.2 Å². The first-order valence-electron chi connectivity index (χ1n) is 2.32. The van der Waals surface area contributed by atoms with E-state index in [0.717, 1.165) is 0 Å². The van der Waals surface area contributed by atoms with Gasteiger partial charge in [-0.3, -0.25) is 9.59 Å². The molecule has 0 aliphatic carbocycles. The average molecular weight is 182 g/mol. The number of hydrogen-bond acceptors (Lipinski definition) is 3. The van der Waals surface area contributed by atoms with Crippen molar-refractivity contribution in [3.8, 4) is 0 Å². The topological polar surface area (TPSA) is 51.2 Å². The summed E-state index contributed by atoms with van der Waals surface area (Å²) in [6, 6.07) is 0. The van der Waals surface area contributed by atoms with E-state index in [4.69, 9.17) is 0 Å². The SMILES string of the molecule is O=C1CC(=O)P[PH](=O)P1. The Morgan fingerprint density at radius 1 is 1.22 bits per heavy atom. The van der Waals surface area contributed by atoms with E-state index >= 15 is 0 Å². The minimum atomic E-state index is -1.78. The van der Waals surface area contributed by atoms with Crippen LogP contribution in [0.4, 0.5) is 0 Å². The molecule has 3 nitrogen and oxygen atoms in total. The third-order valence-electron chi connectivity index (χ3n) is 0.827. The van der Waals surface area contributed by atoms with Crippen LogP contribution >= 0.6 is 23.7 Å². The van der Waals surface area contributed by atoms with Crippen LogP contribution in [0.5, 0.6) is 0 Å². The van der Waals surface area contributed by atoms with Gasteiger partial charge in [0.1, 0.15) is 7.18 Å². The molecular formula is C3H5O3P3. The zero-order valence-electron chi connectivity index (χ0n) is 4.43. The molecular weight excluding hydrogens is 177 g/mol. The maximum atomic E-state index is 10.7. The molecule has 0 saturated carbocycles. The first-order chi connectivity index (χ1) is 4.18. The fourth-order valence-electron chi connectivity index (χ4n) is 0.519. The van der Waals surface area contributed by atoms with Crippen molar-refractivity contribution in [2.45, 2.75) is 6.42 Å². The summed E-state index contributed by atoms with van der Waals surface area (Å²) < 4.78 is 10.7. The van der Waals surface area contributed by atoms with Crippen LogP contribution in [-0.4, -0.2) is 11.0 Å². The molecule has 6 heteroatoms. The van der Waals surface area contributed by atoms with Gasteiger partial charge in [-0.1, -0.05) is 0 Å². The third kappa shape index (κ3) is 2.26. The highest BCUT2D eigenvalue weighted by Gasteiger charge is 2.20. The fourth-order valence-corrected chi connectivity index (χ4v) is 7.07. The molecule has 0 aromatic rings. The zero-order valence-corrected chi connectivity index (χ0v) is 7.43. The van der Waals surface area contributed by atoms with E-state index in [-0.39, 0.29) is 34.0 Å². The molecule has 0 bridgehead atoms. The van der Waals surface area contributed by atoms with Crippen LogP contribution in [0.15, 0.2) is 0 Å². The van der Waals surface area contributed by atoms with Gasteiger partial charge in [0.05, 0.1) is 6.42 Å². The van der Waals surface area contributed by atoms with E-state index in [1.54, 1.807) is 0 Å². The molecule has 1 rings (SSSR count). The molecule has 0 radical (unpaired) electrons. The summed E-state index contributed by atoms with van der Waals surface area (Å²) in [5.74, 6) is 0. The van der Waals surface area contributed by atoms with Crippen LogP contribution in [0, 0.1) is 0 Å². The van der Waals surface area contributed by atoms with Gasteiger partial charge >= 0.3 is 0 Å². The largest absolute Gasteiger partial charge is 0.317 e. The summed E-state index contributed by atoms with van der Waals surface area (Å²) in [5, 5.41) is 0. The molecule has 1 aliphatic heterocycles. The maximum Gasteiger partial charge on any atom is 0.166 e. The Balaban J connectivity index is 2.64. The minimum Gasteiger partial charge on any atom is -0.317 e. The van der Waals surface area contributed by atoms with E-state index in [1.165, 1.54) is 0 Å². The van der Waals surface area contributed by atoms with Crippen molar-refractivity contribution in [3.63, 3.8) is 0 Å². The predicted molar refractivity (Wildman–Crippen MR) is 40.3 cm³/mol. The summed E-state index contributed by atoms with van der Waals surface area (Å²) in [5.41, 5.74) is -0.245. The second kappa shape index (κ2) is 3.01. The first-order valence-corrected chi connectivity index (χ1v) is 7.73. The van der Waals surface area contributed by atoms with Gasteiger partial charge < -0.3 is 4.57 Å². The van der Waals surface area contributed by atoms with E-state index in [1.807, 2.05) is 0 Å². The number of hydrogen-bond donors (Lipinski definition) is 0. The van der Waals surface area contributed by atoms with Gasteiger partial charge in [0.25, 0.3) is 0 Å². The Labute approximate surface area is 56.1 Å². The molecule has 2 atom stereocenters. The van der Waals surface area contributed by atoms with Gasteiger partial charge in [0, 0.05) is 16.5 Å². The van der Waals surface area contributed by atoms with Crippen molar-refractivity contribution in [3.05, 3.63) is 0 Å². The Morgan fingerprint density at radius 3 is 2.00 bits per heavy atom. The lowest BCUT2D eigenvalue weighted by atomic mass is 10.5. The Kier molecular flexibility index (Phi) is 2.52. The van der Waals surface area contributed by atoms with Gasteiger partial charge in [0.15, 0.2) is 11.0 Å². The zero-order chi connectivity index (χ0) is 6.85. The Hall–Kier alpha value is 0.430. The van der Waals surface area contributed by atoms with Gasteiger partial charge in [-0.15, -0.1) is 0 Å². The Morgan fingerprint density at radius 2 is 1.67 bits per heavy atom. The van der Waals surface area contributed by atoms with Crippen LogP contribution in [0.25, 0.3) is 0 Å². The molecule has 9 heavy (non-hydrogen) atoms. The fraction of sp³-hybridized carbons (Fsp3) is 0.333. The highest BCUT2D eigenvalue weighted by Crippen LogP contribution is 2.64. The lowest BCUT2D eigenvalue weighted by Crippen LogP contribution is -1.98. The van der Waals surface area contributed by atoms with Gasteiger partial charge in [-0.25, -0.2) is 0 Å². The maximum absolute atomic E-state index is 10.7. The molecule has 1 saturated heterocycles. The van der Waals surface area contributed by atoms with E-state index < -0.39 is 7.18 Å². The van der Waals surface area contributed by atoms with E-state index in [0.29, 0.717) is 0 Å². The summed E-state index contributed by atoms with van der Waals surface area (Å²) in [6.07, 6.45) is 0.0350. The second-order valence-corrected chi connectivity index (χ2v) is 9.60. The minimum absolute atomic E-state index is 0.0350. The number of carbonyl (C=O) groups excluding carboxylic acids is 2. The van der Waals surface area contributed by atoms with Crippen LogP contribution in [0.2, 0.25) is 0 Å². The highest BCUT2D eigenvalue weighted by molar-refractivity contribution is 8.53. The molecule has 0 amide bonds. The number of rotatable bonds is 0. The molecule has 0 aromatic heterocycles. The first kappa shape index (κ1) is 7.54. The van der Waals surface area contributed by atoms with E-state index in [2.05, 4.69) is 0 Å². The second-order valence-electron chi connectivity index (χ2n) is 1.60. The predicted octanol–water partition coefficient (Wildman–Crippen LogP) is 1.19. The van der Waals surface area contributed by atoms with Gasteiger partial charge in [-0.2, -0.15) is 0 Å². The van der Waals surface area contributed by atoms with Crippen molar-refractivity contribution in [2.75, 3.05) is 0 Å². The molecule has 1 aliphatic rings. The molecule has 1 heterocycles. The van der Waals surface area contributed by atoms with Crippen molar-refractivity contribution < 1.29 is 14.2 Å². The lowest BCUT2D eigenvalue weighted by molar-refractivity contribution is -0.118. The molecule has 1 fully saturated rings. The van der Waals surface area contributed by atoms with Crippen molar-refractivity contribution >= 4 is 34.8 Å². The summed E-state index contributed by atoms with van der Waals surface area (Å²) >= 11 is 0. The monoisotopic (exact) mass is 182 g/mol. The summed E-state index contributed by atoms with van der Waals surface area (Å²) in [4.78, 5) is 21.0. The quantitative estimate of drug-likeness (QED) is 0.417. The number of carbonyl (C=O) groups is 2. The highest BCUT2D eigenvalue weighted by atomic mass is 32.4. The molecule has 50 valence electrons. The average Bonchev–Trinajstić information content (AvgIpc) is 1.59. The third-order valence-corrected chi connectivity index (χ3v) is 7.48. The Bertz CT molecular complexity index is 141. The molecule has 2 unspecified atom stereocenters.